The van der Waals surface area contributed by atoms with Gasteiger partial charge < -0.3 is 9.73 Å². The average molecular weight is 302 g/mol. The van der Waals surface area contributed by atoms with Crippen LogP contribution in [0.25, 0.3) is 23.0 Å². The van der Waals surface area contributed by atoms with Crippen LogP contribution >= 0.6 is 0 Å². The zero-order valence-electron chi connectivity index (χ0n) is 11.8. The number of aromatic nitrogens is 3. The van der Waals surface area contributed by atoms with Gasteiger partial charge >= 0.3 is 0 Å². The molecule has 0 amide bonds. The fraction of sp³-hybridized carbons (Fsp3) is 0. The van der Waals surface area contributed by atoms with Crippen LogP contribution in [-0.2, 0) is 0 Å². The minimum atomic E-state index is 0.00568. The number of hydrogen-bond acceptors (Lipinski definition) is 6. The van der Waals surface area contributed by atoms with Crippen molar-refractivity contribution < 1.29 is 4.42 Å². The van der Waals surface area contributed by atoms with Gasteiger partial charge in [-0.05, 0) is 36.4 Å². The van der Waals surface area contributed by atoms with E-state index in [0.29, 0.717) is 17.4 Å². The third-order valence-corrected chi connectivity index (χ3v) is 3.01. The Bertz CT molecular complexity index is 891. The number of nitrogens with zero attached hydrogens (tertiary/aromatic N) is 4. The SMILES string of the molecule is N#CC(C#N)=CNc1ccc(-c2n[nH]c(-c3ccco3)n2)cc1. The van der Waals surface area contributed by atoms with E-state index in [1.54, 1.807) is 42.7 Å². The molecule has 0 bridgehead atoms. The number of anilines is 1. The molecule has 3 aromatic rings. The van der Waals surface area contributed by atoms with Crippen LogP contribution in [0, 0.1) is 22.7 Å². The van der Waals surface area contributed by atoms with Crippen LogP contribution in [0.5, 0.6) is 0 Å². The highest BCUT2D eigenvalue weighted by atomic mass is 16.3. The second-order valence-electron chi connectivity index (χ2n) is 4.49. The lowest BCUT2D eigenvalue weighted by molar-refractivity contribution is 0.577. The second-order valence-corrected chi connectivity index (χ2v) is 4.49. The minimum Gasteiger partial charge on any atom is -0.461 e. The molecule has 0 aliphatic heterocycles. The van der Waals surface area contributed by atoms with Crippen molar-refractivity contribution in [3.63, 3.8) is 0 Å². The van der Waals surface area contributed by atoms with E-state index in [1.807, 2.05) is 12.1 Å². The lowest BCUT2D eigenvalue weighted by Crippen LogP contribution is -1.90. The van der Waals surface area contributed by atoms with E-state index < -0.39 is 0 Å². The first kappa shape index (κ1) is 14.1. The summed E-state index contributed by atoms with van der Waals surface area (Å²) in [7, 11) is 0. The second kappa shape index (κ2) is 6.29. The third kappa shape index (κ3) is 3.09. The quantitative estimate of drug-likeness (QED) is 0.716. The van der Waals surface area contributed by atoms with Crippen LogP contribution in [0.1, 0.15) is 0 Å². The Morgan fingerprint density at radius 2 is 1.96 bits per heavy atom. The van der Waals surface area contributed by atoms with E-state index in [1.165, 1.54) is 6.20 Å². The summed E-state index contributed by atoms with van der Waals surface area (Å²) in [5.41, 5.74) is 1.58. The molecule has 2 heterocycles. The maximum Gasteiger partial charge on any atom is 0.192 e. The van der Waals surface area contributed by atoms with Gasteiger partial charge in [0.1, 0.15) is 17.7 Å². The molecule has 7 heteroatoms. The molecule has 2 aromatic heterocycles. The van der Waals surface area contributed by atoms with Crippen LogP contribution in [0.2, 0.25) is 0 Å². The highest BCUT2D eigenvalue weighted by molar-refractivity contribution is 5.62. The number of allylic oxidation sites excluding steroid dienone is 1. The fourth-order valence-corrected chi connectivity index (χ4v) is 1.87. The van der Waals surface area contributed by atoms with Gasteiger partial charge in [0, 0.05) is 17.5 Å². The van der Waals surface area contributed by atoms with Crippen molar-refractivity contribution in [1.82, 2.24) is 15.2 Å². The molecule has 0 saturated carbocycles. The number of nitriles is 2. The van der Waals surface area contributed by atoms with Crippen molar-refractivity contribution in [3.05, 3.63) is 54.4 Å². The van der Waals surface area contributed by atoms with Gasteiger partial charge in [-0.15, -0.1) is 0 Å². The van der Waals surface area contributed by atoms with Crippen LogP contribution in [0.15, 0.2) is 58.9 Å². The number of furan rings is 1. The van der Waals surface area contributed by atoms with Gasteiger partial charge in [-0.1, -0.05) is 0 Å². The summed E-state index contributed by atoms with van der Waals surface area (Å²) in [6.07, 6.45) is 2.93. The molecular weight excluding hydrogens is 292 g/mol. The number of nitrogens with one attached hydrogen (secondary N) is 2. The van der Waals surface area contributed by atoms with Crippen LogP contribution in [0.4, 0.5) is 5.69 Å². The summed E-state index contributed by atoms with van der Waals surface area (Å²) >= 11 is 0. The van der Waals surface area contributed by atoms with Crippen molar-refractivity contribution >= 4 is 5.69 Å². The van der Waals surface area contributed by atoms with E-state index in [2.05, 4.69) is 20.5 Å². The van der Waals surface area contributed by atoms with E-state index in [-0.39, 0.29) is 5.57 Å². The van der Waals surface area contributed by atoms with E-state index in [0.717, 1.165) is 11.3 Å². The predicted molar refractivity (Wildman–Crippen MR) is 82.5 cm³/mol. The van der Waals surface area contributed by atoms with Gasteiger partial charge in [0.15, 0.2) is 17.4 Å². The molecule has 1 aromatic carbocycles. The number of aromatic amines is 1. The van der Waals surface area contributed by atoms with Crippen molar-refractivity contribution in [1.29, 1.82) is 10.5 Å². The molecule has 0 saturated heterocycles. The molecule has 0 atom stereocenters. The summed E-state index contributed by atoms with van der Waals surface area (Å²) < 4.78 is 5.26. The summed E-state index contributed by atoms with van der Waals surface area (Å²) in [5, 5.41) is 27.2. The molecule has 23 heavy (non-hydrogen) atoms. The van der Waals surface area contributed by atoms with Crippen LogP contribution in [-0.4, -0.2) is 15.2 Å². The van der Waals surface area contributed by atoms with Gasteiger partial charge in [-0.25, -0.2) is 4.98 Å². The van der Waals surface area contributed by atoms with Crippen molar-refractivity contribution in [2.45, 2.75) is 0 Å². The van der Waals surface area contributed by atoms with Crippen molar-refractivity contribution in [3.8, 4) is 35.1 Å². The average Bonchev–Trinajstić information content (AvgIpc) is 3.28. The largest absolute Gasteiger partial charge is 0.461 e. The Labute approximate surface area is 131 Å². The minimum absolute atomic E-state index is 0.00568. The topological polar surface area (TPSA) is 114 Å². The smallest absolute Gasteiger partial charge is 0.192 e. The van der Waals surface area contributed by atoms with Crippen molar-refractivity contribution in [2.75, 3.05) is 5.32 Å². The summed E-state index contributed by atoms with van der Waals surface area (Å²) in [6, 6.07) is 14.4. The first-order valence-electron chi connectivity index (χ1n) is 6.64. The first-order chi connectivity index (χ1) is 11.3. The summed E-state index contributed by atoms with van der Waals surface area (Å²) in [6.45, 7) is 0. The van der Waals surface area contributed by atoms with Crippen LogP contribution in [0.3, 0.4) is 0 Å². The molecule has 0 aliphatic carbocycles. The van der Waals surface area contributed by atoms with E-state index in [9.17, 15) is 0 Å². The summed E-state index contributed by atoms with van der Waals surface area (Å²) in [4.78, 5) is 4.37. The fourth-order valence-electron chi connectivity index (χ4n) is 1.87. The number of hydrogen-bond donors (Lipinski definition) is 2. The van der Waals surface area contributed by atoms with Gasteiger partial charge in [0.05, 0.1) is 6.26 Å². The lowest BCUT2D eigenvalue weighted by atomic mass is 10.2. The predicted octanol–water partition coefficient (Wildman–Crippen LogP) is 3.07. The zero-order chi connectivity index (χ0) is 16.1. The van der Waals surface area contributed by atoms with E-state index >= 15 is 0 Å². The van der Waals surface area contributed by atoms with Gasteiger partial charge in [0.2, 0.25) is 0 Å². The first-order valence-corrected chi connectivity index (χ1v) is 6.64. The monoisotopic (exact) mass is 302 g/mol. The maximum atomic E-state index is 8.67. The molecule has 0 fully saturated rings. The molecule has 2 N–H and O–H groups in total. The highest BCUT2D eigenvalue weighted by Crippen LogP contribution is 2.21. The molecule has 7 nitrogen and oxygen atoms in total. The Kier molecular flexibility index (Phi) is 3.86. The maximum absolute atomic E-state index is 8.67. The third-order valence-electron chi connectivity index (χ3n) is 3.01. The van der Waals surface area contributed by atoms with E-state index in [4.69, 9.17) is 14.9 Å². The molecule has 0 aliphatic rings. The van der Waals surface area contributed by atoms with Crippen molar-refractivity contribution in [2.24, 2.45) is 0 Å². The molecular formula is C16H10N6O. The Hall–Kier alpha value is -3.84. The van der Waals surface area contributed by atoms with Gasteiger partial charge in [-0.2, -0.15) is 15.6 Å². The highest BCUT2D eigenvalue weighted by Gasteiger charge is 2.09. The zero-order valence-corrected chi connectivity index (χ0v) is 11.8. The Morgan fingerprint density at radius 3 is 2.61 bits per heavy atom. The van der Waals surface area contributed by atoms with Crippen LogP contribution < -0.4 is 5.32 Å². The molecule has 0 radical (unpaired) electrons. The Morgan fingerprint density at radius 1 is 1.17 bits per heavy atom. The normalized spacial score (nSPS) is 9.65. The molecule has 110 valence electrons. The molecule has 3 rings (SSSR count). The molecule has 0 spiro atoms. The number of benzene rings is 1. The summed E-state index contributed by atoms with van der Waals surface area (Å²) in [5.74, 6) is 1.73. The molecule has 0 unspecified atom stereocenters. The van der Waals surface area contributed by atoms with Gasteiger partial charge in [-0.3, -0.25) is 5.10 Å². The van der Waals surface area contributed by atoms with Gasteiger partial charge in [0.25, 0.3) is 0 Å². The number of rotatable bonds is 4. The number of H-pyrrole nitrogens is 1. The lowest BCUT2D eigenvalue weighted by Gasteiger charge is -2.01. The Balaban J connectivity index is 1.77. The standard InChI is InChI=1S/C16H10N6O/c17-8-11(9-18)10-19-13-5-3-12(4-6-13)15-20-16(22-21-15)14-2-1-7-23-14/h1-7,10,19H,(H,20,21,22).